The number of aliphatic hydroxyl groups is 1. The van der Waals surface area contributed by atoms with Crippen molar-refractivity contribution in [3.8, 4) is 0 Å². The van der Waals surface area contributed by atoms with E-state index in [1.165, 1.54) is 24.1 Å². The molecule has 3 nitrogen and oxygen atoms in total. The first kappa shape index (κ1) is 16.6. The fourth-order valence-electron chi connectivity index (χ4n) is 3.09. The Balaban J connectivity index is 1.95. The summed E-state index contributed by atoms with van der Waals surface area (Å²) in [5.74, 6) is 0.461. The number of hydrogen-bond acceptors (Lipinski definition) is 3. The largest absolute Gasteiger partial charge is 0.393 e. The maximum atomic E-state index is 9.42. The SMILES string of the molecule is CC(O)CC(C)CNCc1c(Cl)cccc1N1CCCC1. The summed E-state index contributed by atoms with van der Waals surface area (Å²) in [6, 6.07) is 6.18. The summed E-state index contributed by atoms with van der Waals surface area (Å²) in [6.07, 6.45) is 3.13. The Morgan fingerprint density at radius 1 is 1.29 bits per heavy atom. The number of rotatable bonds is 7. The van der Waals surface area contributed by atoms with Crippen LogP contribution >= 0.6 is 11.6 Å². The van der Waals surface area contributed by atoms with Gasteiger partial charge in [0, 0.05) is 35.9 Å². The van der Waals surface area contributed by atoms with E-state index in [4.69, 9.17) is 11.6 Å². The molecule has 0 aliphatic carbocycles. The Kier molecular flexibility index (Phi) is 6.34. The van der Waals surface area contributed by atoms with E-state index >= 15 is 0 Å². The molecule has 21 heavy (non-hydrogen) atoms. The molecule has 4 heteroatoms. The molecular weight excluding hydrogens is 284 g/mol. The smallest absolute Gasteiger partial charge is 0.0515 e. The van der Waals surface area contributed by atoms with Crippen LogP contribution < -0.4 is 10.2 Å². The van der Waals surface area contributed by atoms with Gasteiger partial charge in [0.05, 0.1) is 6.10 Å². The molecule has 0 saturated carbocycles. The molecule has 2 atom stereocenters. The Labute approximate surface area is 133 Å². The van der Waals surface area contributed by atoms with E-state index in [1.54, 1.807) is 0 Å². The summed E-state index contributed by atoms with van der Waals surface area (Å²) in [4.78, 5) is 2.43. The second kappa shape index (κ2) is 8.02. The minimum absolute atomic E-state index is 0.234. The zero-order valence-electron chi connectivity index (χ0n) is 13.1. The minimum atomic E-state index is -0.234. The van der Waals surface area contributed by atoms with E-state index in [0.29, 0.717) is 5.92 Å². The highest BCUT2D eigenvalue weighted by molar-refractivity contribution is 6.31. The van der Waals surface area contributed by atoms with Crippen molar-refractivity contribution in [3.63, 3.8) is 0 Å². The molecular formula is C17H27ClN2O. The molecule has 0 spiro atoms. The fraction of sp³-hybridized carbons (Fsp3) is 0.647. The molecule has 1 aliphatic heterocycles. The maximum absolute atomic E-state index is 9.42. The standard InChI is InChI=1S/C17H27ClN2O/c1-13(10-14(2)21)11-19-12-15-16(18)6-5-7-17(15)20-8-3-4-9-20/h5-7,13-14,19,21H,3-4,8-12H2,1-2H3. The molecule has 2 unspecified atom stereocenters. The van der Waals surface area contributed by atoms with E-state index in [2.05, 4.69) is 23.2 Å². The molecule has 1 aromatic carbocycles. The van der Waals surface area contributed by atoms with E-state index in [0.717, 1.165) is 37.6 Å². The number of anilines is 1. The molecule has 2 rings (SSSR count). The number of nitrogens with zero attached hydrogens (tertiary/aromatic N) is 1. The van der Waals surface area contributed by atoms with Gasteiger partial charge in [0.1, 0.15) is 0 Å². The number of benzene rings is 1. The van der Waals surface area contributed by atoms with Crippen LogP contribution in [0.3, 0.4) is 0 Å². The molecule has 1 aliphatic rings. The van der Waals surface area contributed by atoms with Gasteiger partial charge >= 0.3 is 0 Å². The lowest BCUT2D eigenvalue weighted by Crippen LogP contribution is -2.25. The second-order valence-electron chi connectivity index (χ2n) is 6.25. The van der Waals surface area contributed by atoms with Gasteiger partial charge in [-0.1, -0.05) is 24.6 Å². The van der Waals surface area contributed by atoms with E-state index in [1.807, 2.05) is 19.1 Å². The molecule has 2 N–H and O–H groups in total. The summed E-state index contributed by atoms with van der Waals surface area (Å²) >= 11 is 6.40. The number of aliphatic hydroxyl groups excluding tert-OH is 1. The van der Waals surface area contributed by atoms with Crippen LogP contribution in [0, 0.1) is 5.92 Å². The molecule has 0 radical (unpaired) electrons. The van der Waals surface area contributed by atoms with Crippen molar-refractivity contribution >= 4 is 17.3 Å². The Bertz CT molecular complexity index is 444. The molecule has 1 fully saturated rings. The lowest BCUT2D eigenvalue weighted by Gasteiger charge is -2.23. The summed E-state index contributed by atoms with van der Waals surface area (Å²) in [5.41, 5.74) is 2.47. The van der Waals surface area contributed by atoms with Crippen LogP contribution in [0.1, 0.15) is 38.7 Å². The predicted molar refractivity (Wildman–Crippen MR) is 90.1 cm³/mol. The van der Waals surface area contributed by atoms with Gasteiger partial charge < -0.3 is 15.3 Å². The zero-order valence-corrected chi connectivity index (χ0v) is 13.9. The average molecular weight is 311 g/mol. The van der Waals surface area contributed by atoms with Crippen molar-refractivity contribution in [3.05, 3.63) is 28.8 Å². The summed E-state index contributed by atoms with van der Waals surface area (Å²) < 4.78 is 0. The summed E-state index contributed by atoms with van der Waals surface area (Å²) in [5, 5.41) is 13.7. The molecule has 1 saturated heterocycles. The topological polar surface area (TPSA) is 35.5 Å². The maximum Gasteiger partial charge on any atom is 0.0515 e. The third-order valence-electron chi connectivity index (χ3n) is 4.08. The zero-order chi connectivity index (χ0) is 15.2. The first-order valence-corrected chi connectivity index (χ1v) is 8.37. The number of hydrogen-bond donors (Lipinski definition) is 2. The van der Waals surface area contributed by atoms with Crippen LogP contribution in [0.25, 0.3) is 0 Å². The number of nitrogens with one attached hydrogen (secondary N) is 1. The van der Waals surface area contributed by atoms with Crippen molar-refractivity contribution in [2.75, 3.05) is 24.5 Å². The Morgan fingerprint density at radius 2 is 2.00 bits per heavy atom. The average Bonchev–Trinajstić information content (AvgIpc) is 2.93. The van der Waals surface area contributed by atoms with E-state index in [-0.39, 0.29) is 6.10 Å². The second-order valence-corrected chi connectivity index (χ2v) is 6.66. The van der Waals surface area contributed by atoms with E-state index in [9.17, 15) is 5.11 Å². The van der Waals surface area contributed by atoms with Gasteiger partial charge in [-0.3, -0.25) is 0 Å². The van der Waals surface area contributed by atoms with E-state index < -0.39 is 0 Å². The van der Waals surface area contributed by atoms with Crippen molar-refractivity contribution in [1.82, 2.24) is 5.32 Å². The quantitative estimate of drug-likeness (QED) is 0.810. The van der Waals surface area contributed by atoms with Crippen LogP contribution in [0.5, 0.6) is 0 Å². The molecule has 0 amide bonds. The van der Waals surface area contributed by atoms with Gasteiger partial charge in [-0.15, -0.1) is 0 Å². The Hall–Kier alpha value is -0.770. The molecule has 1 aromatic rings. The van der Waals surface area contributed by atoms with Gasteiger partial charge in [0.15, 0.2) is 0 Å². The minimum Gasteiger partial charge on any atom is -0.393 e. The van der Waals surface area contributed by atoms with Gasteiger partial charge in [-0.2, -0.15) is 0 Å². The highest BCUT2D eigenvalue weighted by Gasteiger charge is 2.17. The third kappa shape index (κ3) is 4.87. The summed E-state index contributed by atoms with van der Waals surface area (Å²) in [7, 11) is 0. The van der Waals surface area contributed by atoms with Crippen molar-refractivity contribution in [2.45, 2.75) is 45.8 Å². The molecule has 0 bridgehead atoms. The number of halogens is 1. The first-order valence-electron chi connectivity index (χ1n) is 7.99. The van der Waals surface area contributed by atoms with Crippen LogP contribution in [0.4, 0.5) is 5.69 Å². The van der Waals surface area contributed by atoms with Gasteiger partial charge in [0.25, 0.3) is 0 Å². The predicted octanol–water partition coefficient (Wildman–Crippen LogP) is 3.44. The molecule has 118 valence electrons. The van der Waals surface area contributed by atoms with Gasteiger partial charge in [-0.25, -0.2) is 0 Å². The monoisotopic (exact) mass is 310 g/mol. The lowest BCUT2D eigenvalue weighted by molar-refractivity contribution is 0.163. The van der Waals surface area contributed by atoms with Crippen molar-refractivity contribution in [1.29, 1.82) is 0 Å². The first-order chi connectivity index (χ1) is 10.1. The van der Waals surface area contributed by atoms with Crippen LogP contribution in [-0.4, -0.2) is 30.8 Å². The highest BCUT2D eigenvalue weighted by Crippen LogP contribution is 2.29. The van der Waals surface area contributed by atoms with Crippen molar-refractivity contribution in [2.24, 2.45) is 5.92 Å². The van der Waals surface area contributed by atoms with Gasteiger partial charge in [0.2, 0.25) is 0 Å². The Morgan fingerprint density at radius 3 is 2.67 bits per heavy atom. The highest BCUT2D eigenvalue weighted by atomic mass is 35.5. The fourth-order valence-corrected chi connectivity index (χ4v) is 3.32. The lowest BCUT2D eigenvalue weighted by atomic mass is 10.0. The molecule has 0 aromatic heterocycles. The molecule has 1 heterocycles. The van der Waals surface area contributed by atoms with Gasteiger partial charge in [-0.05, 0) is 50.8 Å². The summed E-state index contributed by atoms with van der Waals surface area (Å²) in [6.45, 7) is 7.95. The van der Waals surface area contributed by atoms with Crippen LogP contribution in [0.2, 0.25) is 5.02 Å². The van der Waals surface area contributed by atoms with Crippen LogP contribution in [-0.2, 0) is 6.54 Å². The normalized spacial score (nSPS) is 18.0. The van der Waals surface area contributed by atoms with Crippen LogP contribution in [0.15, 0.2) is 18.2 Å². The van der Waals surface area contributed by atoms with Crippen molar-refractivity contribution < 1.29 is 5.11 Å². The third-order valence-corrected chi connectivity index (χ3v) is 4.43.